The van der Waals surface area contributed by atoms with Crippen LogP contribution in [0.2, 0.25) is 0 Å². The van der Waals surface area contributed by atoms with Crippen LogP contribution >= 0.6 is 0 Å². The maximum atomic E-state index is 13.4. The number of rotatable bonds is 4. The van der Waals surface area contributed by atoms with E-state index in [1.807, 2.05) is 0 Å². The Bertz CT molecular complexity index is 464. The molecule has 0 aliphatic heterocycles. The summed E-state index contributed by atoms with van der Waals surface area (Å²) in [6.45, 7) is 4.73. The molecule has 110 valence electrons. The van der Waals surface area contributed by atoms with Crippen LogP contribution in [0, 0.1) is 17.7 Å². The third-order valence-corrected chi connectivity index (χ3v) is 4.38. The molecule has 0 bridgehead atoms. The van der Waals surface area contributed by atoms with Crippen LogP contribution < -0.4 is 10.6 Å². The highest BCUT2D eigenvalue weighted by Gasteiger charge is 2.26. The lowest BCUT2D eigenvalue weighted by Crippen LogP contribution is -2.43. The molecule has 4 heteroatoms. The van der Waals surface area contributed by atoms with Crippen LogP contribution in [0.3, 0.4) is 0 Å². The molecule has 1 aliphatic rings. The van der Waals surface area contributed by atoms with Crippen LogP contribution in [-0.4, -0.2) is 18.5 Å². The molecule has 2 rings (SSSR count). The quantitative estimate of drug-likeness (QED) is 0.888. The molecule has 0 radical (unpaired) electrons. The van der Waals surface area contributed by atoms with Crippen LogP contribution in [-0.2, 0) is 4.79 Å². The molecule has 0 heterocycles. The molecule has 0 saturated heterocycles. The van der Waals surface area contributed by atoms with Crippen LogP contribution in [0.1, 0.15) is 33.1 Å². The predicted molar refractivity (Wildman–Crippen MR) is 79.0 cm³/mol. The fourth-order valence-corrected chi connectivity index (χ4v) is 2.85. The zero-order valence-electron chi connectivity index (χ0n) is 12.2. The maximum absolute atomic E-state index is 13.4. The Kier molecular flexibility index (Phi) is 5.12. The van der Waals surface area contributed by atoms with E-state index in [0.29, 0.717) is 17.9 Å². The Morgan fingerprint density at radius 2 is 2.05 bits per heavy atom. The lowest BCUT2D eigenvalue weighted by Gasteiger charge is -2.34. The molecule has 0 spiro atoms. The number of hydrogen-bond donors (Lipinski definition) is 2. The maximum Gasteiger partial charge on any atom is 0.238 e. The SMILES string of the molecule is CC1CCCC(NCC(=O)Nc2ccccc2F)C1C. The van der Waals surface area contributed by atoms with E-state index in [4.69, 9.17) is 0 Å². The van der Waals surface area contributed by atoms with Gasteiger partial charge in [-0.1, -0.05) is 38.8 Å². The number of carbonyl (C=O) groups is 1. The van der Waals surface area contributed by atoms with Crippen molar-refractivity contribution in [3.63, 3.8) is 0 Å². The van der Waals surface area contributed by atoms with E-state index in [0.717, 1.165) is 6.42 Å². The van der Waals surface area contributed by atoms with Gasteiger partial charge in [0.2, 0.25) is 5.91 Å². The minimum absolute atomic E-state index is 0.194. The smallest absolute Gasteiger partial charge is 0.238 e. The Hall–Kier alpha value is -1.42. The predicted octanol–water partition coefficient (Wildman–Crippen LogP) is 3.18. The van der Waals surface area contributed by atoms with Gasteiger partial charge in [0, 0.05) is 6.04 Å². The fourth-order valence-electron chi connectivity index (χ4n) is 2.85. The first kappa shape index (κ1) is 15.0. The van der Waals surface area contributed by atoms with Crippen molar-refractivity contribution in [2.24, 2.45) is 11.8 Å². The molecule has 1 fully saturated rings. The summed E-state index contributed by atoms with van der Waals surface area (Å²) >= 11 is 0. The van der Waals surface area contributed by atoms with Crippen LogP contribution in [0.5, 0.6) is 0 Å². The summed E-state index contributed by atoms with van der Waals surface area (Å²) < 4.78 is 13.4. The van der Waals surface area contributed by atoms with Crippen molar-refractivity contribution in [2.75, 3.05) is 11.9 Å². The molecule has 1 amide bonds. The Morgan fingerprint density at radius 1 is 1.30 bits per heavy atom. The molecule has 3 unspecified atom stereocenters. The molecule has 1 aliphatic carbocycles. The highest BCUT2D eigenvalue weighted by molar-refractivity contribution is 5.92. The van der Waals surface area contributed by atoms with Crippen molar-refractivity contribution in [2.45, 2.75) is 39.2 Å². The molecular formula is C16H23FN2O. The first-order chi connectivity index (χ1) is 9.58. The van der Waals surface area contributed by atoms with Crippen molar-refractivity contribution in [1.82, 2.24) is 5.32 Å². The largest absolute Gasteiger partial charge is 0.322 e. The van der Waals surface area contributed by atoms with E-state index in [2.05, 4.69) is 24.5 Å². The van der Waals surface area contributed by atoms with Gasteiger partial charge in [0.1, 0.15) is 5.82 Å². The zero-order valence-corrected chi connectivity index (χ0v) is 12.2. The van der Waals surface area contributed by atoms with E-state index in [9.17, 15) is 9.18 Å². The second kappa shape index (κ2) is 6.84. The van der Waals surface area contributed by atoms with Gasteiger partial charge < -0.3 is 10.6 Å². The number of para-hydroxylation sites is 1. The van der Waals surface area contributed by atoms with Gasteiger partial charge in [0.15, 0.2) is 0 Å². The van der Waals surface area contributed by atoms with Crippen LogP contribution in [0.25, 0.3) is 0 Å². The van der Waals surface area contributed by atoms with Gasteiger partial charge in [-0.25, -0.2) is 4.39 Å². The van der Waals surface area contributed by atoms with Crippen molar-refractivity contribution in [3.8, 4) is 0 Å². The number of benzene rings is 1. The van der Waals surface area contributed by atoms with Gasteiger partial charge in [-0.2, -0.15) is 0 Å². The van der Waals surface area contributed by atoms with Gasteiger partial charge in [-0.15, -0.1) is 0 Å². The number of anilines is 1. The lowest BCUT2D eigenvalue weighted by atomic mass is 9.78. The molecule has 3 atom stereocenters. The van der Waals surface area contributed by atoms with Gasteiger partial charge in [0.25, 0.3) is 0 Å². The van der Waals surface area contributed by atoms with Crippen molar-refractivity contribution in [1.29, 1.82) is 0 Å². The van der Waals surface area contributed by atoms with Gasteiger partial charge in [-0.05, 0) is 30.4 Å². The summed E-state index contributed by atoms with van der Waals surface area (Å²) in [5.41, 5.74) is 0.240. The number of halogens is 1. The molecule has 1 aromatic carbocycles. The molecule has 2 N–H and O–H groups in total. The highest BCUT2D eigenvalue weighted by Crippen LogP contribution is 2.29. The van der Waals surface area contributed by atoms with Gasteiger partial charge in [-0.3, -0.25) is 4.79 Å². The topological polar surface area (TPSA) is 41.1 Å². The average Bonchev–Trinajstić information content (AvgIpc) is 2.43. The number of hydrogen-bond acceptors (Lipinski definition) is 2. The van der Waals surface area contributed by atoms with Crippen LogP contribution in [0.15, 0.2) is 24.3 Å². The standard InChI is InChI=1S/C16H23FN2O/c1-11-6-5-9-14(12(11)2)18-10-16(20)19-15-8-4-3-7-13(15)17/h3-4,7-8,11-12,14,18H,5-6,9-10H2,1-2H3,(H,19,20). The van der Waals surface area contributed by atoms with E-state index in [-0.39, 0.29) is 18.1 Å². The third-order valence-electron chi connectivity index (χ3n) is 4.38. The lowest BCUT2D eigenvalue weighted by molar-refractivity contribution is -0.115. The number of carbonyl (C=O) groups excluding carboxylic acids is 1. The van der Waals surface area contributed by atoms with E-state index >= 15 is 0 Å². The molecule has 3 nitrogen and oxygen atoms in total. The molecular weight excluding hydrogens is 255 g/mol. The Labute approximate surface area is 120 Å². The summed E-state index contributed by atoms with van der Waals surface area (Å²) in [4.78, 5) is 11.9. The monoisotopic (exact) mass is 278 g/mol. The number of nitrogens with one attached hydrogen (secondary N) is 2. The second-order valence-corrected chi connectivity index (χ2v) is 5.78. The molecule has 20 heavy (non-hydrogen) atoms. The summed E-state index contributed by atoms with van der Waals surface area (Å²) in [5.74, 6) is 0.668. The number of amides is 1. The average molecular weight is 278 g/mol. The third kappa shape index (κ3) is 3.79. The second-order valence-electron chi connectivity index (χ2n) is 5.78. The molecule has 1 aromatic rings. The highest BCUT2D eigenvalue weighted by atomic mass is 19.1. The fraction of sp³-hybridized carbons (Fsp3) is 0.562. The van der Waals surface area contributed by atoms with E-state index < -0.39 is 5.82 Å². The minimum Gasteiger partial charge on any atom is -0.322 e. The molecule has 1 saturated carbocycles. The Balaban J connectivity index is 1.82. The van der Waals surface area contributed by atoms with E-state index in [1.54, 1.807) is 18.2 Å². The van der Waals surface area contributed by atoms with Crippen molar-refractivity contribution < 1.29 is 9.18 Å². The zero-order chi connectivity index (χ0) is 14.5. The van der Waals surface area contributed by atoms with Crippen molar-refractivity contribution >= 4 is 11.6 Å². The molecule has 0 aromatic heterocycles. The van der Waals surface area contributed by atoms with Crippen molar-refractivity contribution in [3.05, 3.63) is 30.1 Å². The van der Waals surface area contributed by atoms with E-state index in [1.165, 1.54) is 18.9 Å². The summed E-state index contributed by atoms with van der Waals surface area (Å²) in [6, 6.07) is 6.60. The Morgan fingerprint density at radius 3 is 2.80 bits per heavy atom. The van der Waals surface area contributed by atoms with Gasteiger partial charge >= 0.3 is 0 Å². The summed E-state index contributed by atoms with van der Waals surface area (Å²) in [6.07, 6.45) is 3.58. The minimum atomic E-state index is -0.402. The summed E-state index contributed by atoms with van der Waals surface area (Å²) in [7, 11) is 0. The first-order valence-electron chi connectivity index (χ1n) is 7.35. The first-order valence-corrected chi connectivity index (χ1v) is 7.35. The summed E-state index contributed by atoms with van der Waals surface area (Å²) in [5, 5.41) is 5.91. The van der Waals surface area contributed by atoms with Crippen LogP contribution in [0.4, 0.5) is 10.1 Å². The van der Waals surface area contributed by atoms with Gasteiger partial charge in [0.05, 0.1) is 12.2 Å². The normalized spacial score (nSPS) is 26.2.